The molecule has 1 aromatic heterocycles. The van der Waals surface area contributed by atoms with Crippen molar-refractivity contribution >= 4 is 31.6 Å². The third-order valence-electron chi connectivity index (χ3n) is 5.57. The molecule has 2 saturated heterocycles. The minimum absolute atomic E-state index is 0.00414. The van der Waals surface area contributed by atoms with Gasteiger partial charge in [-0.1, -0.05) is 0 Å². The van der Waals surface area contributed by atoms with Gasteiger partial charge in [0.2, 0.25) is 26.0 Å². The molecule has 1 aromatic carbocycles. The smallest absolute Gasteiger partial charge is 0.244 e. The molecule has 1 amide bonds. The number of sulfonamides is 2. The molecule has 1 unspecified atom stereocenters. The molecular weight excluding hydrogens is 474 g/mol. The second-order valence-corrected chi connectivity index (χ2v) is 11.3. The Balaban J connectivity index is 1.62. The van der Waals surface area contributed by atoms with Gasteiger partial charge in [-0.2, -0.15) is 0 Å². The predicted molar refractivity (Wildman–Crippen MR) is 118 cm³/mol. The van der Waals surface area contributed by atoms with Crippen LogP contribution in [0.4, 0.5) is 5.69 Å². The summed E-state index contributed by atoms with van der Waals surface area (Å²) < 4.78 is 70.5. The van der Waals surface area contributed by atoms with Crippen LogP contribution in [-0.4, -0.2) is 73.4 Å². The highest BCUT2D eigenvalue weighted by Crippen LogP contribution is 2.33. The zero-order valence-corrected chi connectivity index (χ0v) is 19.6. The Labute approximate surface area is 192 Å². The average molecular weight is 500 g/mol. The summed E-state index contributed by atoms with van der Waals surface area (Å²) in [7, 11) is -6.68. The molecular formula is C20H25N3O8S2. The van der Waals surface area contributed by atoms with Gasteiger partial charge in [-0.25, -0.2) is 25.9 Å². The summed E-state index contributed by atoms with van der Waals surface area (Å²) in [5.74, 6) is -0.297. The molecule has 2 fully saturated rings. The molecule has 11 nitrogen and oxygen atoms in total. The normalized spacial score (nSPS) is 20.2. The Morgan fingerprint density at radius 3 is 2.58 bits per heavy atom. The first-order chi connectivity index (χ1) is 15.7. The first kappa shape index (κ1) is 23.7. The number of ether oxygens (including phenoxy) is 2. The van der Waals surface area contributed by atoms with Crippen LogP contribution < -0.4 is 13.8 Å². The Morgan fingerprint density at radius 1 is 1.21 bits per heavy atom. The van der Waals surface area contributed by atoms with E-state index in [4.69, 9.17) is 13.9 Å². The van der Waals surface area contributed by atoms with Crippen molar-refractivity contribution in [3.8, 4) is 5.75 Å². The minimum Gasteiger partial charge on any atom is -0.495 e. The van der Waals surface area contributed by atoms with Gasteiger partial charge in [0.15, 0.2) is 0 Å². The Hall–Kier alpha value is -2.45. The number of hydrogen-bond donors (Lipinski definition) is 1. The van der Waals surface area contributed by atoms with E-state index in [1.807, 2.05) is 0 Å². The number of benzene rings is 1. The maximum atomic E-state index is 13.3. The number of amides is 1. The second kappa shape index (κ2) is 9.43. The molecule has 0 spiro atoms. The van der Waals surface area contributed by atoms with E-state index in [2.05, 4.69) is 9.62 Å². The fourth-order valence-electron chi connectivity index (χ4n) is 3.92. The highest BCUT2D eigenvalue weighted by molar-refractivity contribution is 7.94. The molecule has 2 aromatic rings. The number of carbonyl (C=O) groups excluding carboxylic acids is 1. The lowest BCUT2D eigenvalue weighted by Gasteiger charge is -2.33. The first-order valence-corrected chi connectivity index (χ1v) is 13.4. The Kier molecular flexibility index (Phi) is 6.77. The van der Waals surface area contributed by atoms with Crippen molar-refractivity contribution in [1.82, 2.24) is 9.62 Å². The number of rotatable bonds is 8. The molecule has 13 heteroatoms. The van der Waals surface area contributed by atoms with Crippen molar-refractivity contribution in [1.29, 1.82) is 0 Å². The van der Waals surface area contributed by atoms with Crippen LogP contribution in [0.1, 0.15) is 18.2 Å². The molecule has 33 heavy (non-hydrogen) atoms. The van der Waals surface area contributed by atoms with Crippen molar-refractivity contribution in [2.24, 2.45) is 0 Å². The molecule has 180 valence electrons. The van der Waals surface area contributed by atoms with Gasteiger partial charge < -0.3 is 13.9 Å². The quantitative estimate of drug-likeness (QED) is 0.557. The van der Waals surface area contributed by atoms with Crippen LogP contribution in [0, 0.1) is 0 Å². The molecule has 1 atom stereocenters. The third-order valence-corrected chi connectivity index (χ3v) is 8.71. The second-order valence-electron chi connectivity index (χ2n) is 7.59. The van der Waals surface area contributed by atoms with Gasteiger partial charge >= 0.3 is 0 Å². The van der Waals surface area contributed by atoms with Crippen LogP contribution in [0.3, 0.4) is 0 Å². The molecule has 2 aliphatic heterocycles. The lowest BCUT2D eigenvalue weighted by atomic mass is 10.2. The summed E-state index contributed by atoms with van der Waals surface area (Å²) in [4.78, 5) is 13.9. The molecule has 0 saturated carbocycles. The summed E-state index contributed by atoms with van der Waals surface area (Å²) >= 11 is 0. The SMILES string of the molecule is COc1ccc(N2C(=O)CCS2(=O)=O)cc1S(=O)(=O)NCC(c1ccco1)N1CCOCC1. The summed E-state index contributed by atoms with van der Waals surface area (Å²) in [5.41, 5.74) is -0.0468. The maximum Gasteiger partial charge on any atom is 0.244 e. The van der Waals surface area contributed by atoms with Gasteiger partial charge in [-0.05, 0) is 30.3 Å². The van der Waals surface area contributed by atoms with Gasteiger partial charge in [0, 0.05) is 26.1 Å². The zero-order chi connectivity index (χ0) is 23.6. The van der Waals surface area contributed by atoms with Gasteiger partial charge in [0.05, 0.1) is 44.1 Å². The van der Waals surface area contributed by atoms with Crippen LogP contribution in [0.25, 0.3) is 0 Å². The molecule has 3 heterocycles. The average Bonchev–Trinajstić information content (AvgIpc) is 3.42. The van der Waals surface area contributed by atoms with E-state index in [-0.39, 0.29) is 41.1 Å². The number of nitrogens with one attached hydrogen (secondary N) is 1. The van der Waals surface area contributed by atoms with Crippen LogP contribution in [-0.2, 0) is 29.6 Å². The van der Waals surface area contributed by atoms with Crippen LogP contribution in [0.5, 0.6) is 5.75 Å². The number of methoxy groups -OCH3 is 1. The maximum absolute atomic E-state index is 13.3. The van der Waals surface area contributed by atoms with Crippen LogP contribution in [0.15, 0.2) is 45.9 Å². The summed E-state index contributed by atoms with van der Waals surface area (Å²) in [6.07, 6.45) is 1.37. The lowest BCUT2D eigenvalue weighted by Crippen LogP contribution is -2.43. The van der Waals surface area contributed by atoms with E-state index in [0.717, 1.165) is 6.07 Å². The largest absolute Gasteiger partial charge is 0.495 e. The van der Waals surface area contributed by atoms with E-state index in [0.29, 0.717) is 36.4 Å². The number of hydrogen-bond acceptors (Lipinski definition) is 9. The highest BCUT2D eigenvalue weighted by Gasteiger charge is 2.37. The van der Waals surface area contributed by atoms with Crippen LogP contribution >= 0.6 is 0 Å². The van der Waals surface area contributed by atoms with Gasteiger partial charge in [0.1, 0.15) is 16.4 Å². The number of morpholine rings is 1. The third kappa shape index (κ3) is 4.92. The molecule has 0 aliphatic carbocycles. The van der Waals surface area contributed by atoms with E-state index >= 15 is 0 Å². The summed E-state index contributed by atoms with van der Waals surface area (Å²) in [6.45, 7) is 2.28. The van der Waals surface area contributed by atoms with Crippen molar-refractivity contribution in [3.63, 3.8) is 0 Å². The van der Waals surface area contributed by atoms with Crippen molar-refractivity contribution in [2.45, 2.75) is 17.4 Å². The lowest BCUT2D eigenvalue weighted by molar-refractivity contribution is -0.116. The van der Waals surface area contributed by atoms with Crippen molar-refractivity contribution in [3.05, 3.63) is 42.4 Å². The van der Waals surface area contributed by atoms with Crippen molar-refractivity contribution in [2.75, 3.05) is 50.0 Å². The Bertz CT molecular complexity index is 1210. The van der Waals surface area contributed by atoms with E-state index < -0.39 is 26.0 Å². The molecule has 2 aliphatic rings. The monoisotopic (exact) mass is 499 g/mol. The summed E-state index contributed by atoms with van der Waals surface area (Å²) in [6, 6.07) is 6.96. The molecule has 0 bridgehead atoms. The van der Waals surface area contributed by atoms with Crippen LogP contribution in [0.2, 0.25) is 0 Å². The first-order valence-electron chi connectivity index (χ1n) is 10.3. The molecule has 4 rings (SSSR count). The highest BCUT2D eigenvalue weighted by atomic mass is 32.2. The fraction of sp³-hybridized carbons (Fsp3) is 0.450. The standard InChI is InChI=1S/C20H25N3O8S2/c1-29-18-5-4-15(23-20(24)6-12-32(23,25)26)13-19(18)33(27,28)21-14-16(17-3-2-9-31-17)22-7-10-30-11-8-22/h2-5,9,13,16,21H,6-8,10-12,14H2,1H3. The topological polar surface area (TPSA) is 135 Å². The van der Waals surface area contributed by atoms with Gasteiger partial charge in [0.25, 0.3) is 0 Å². The fourth-order valence-corrected chi connectivity index (χ4v) is 6.59. The minimum atomic E-state index is -4.14. The number of carbonyl (C=O) groups is 1. The number of nitrogens with zero attached hydrogens (tertiary/aromatic N) is 2. The van der Waals surface area contributed by atoms with Gasteiger partial charge in [-0.15, -0.1) is 0 Å². The van der Waals surface area contributed by atoms with Gasteiger partial charge in [-0.3, -0.25) is 9.69 Å². The number of furan rings is 1. The molecule has 1 N–H and O–H groups in total. The number of anilines is 1. The molecule has 0 radical (unpaired) electrons. The van der Waals surface area contributed by atoms with E-state index in [1.54, 1.807) is 12.1 Å². The van der Waals surface area contributed by atoms with Crippen molar-refractivity contribution < 1.29 is 35.5 Å². The summed E-state index contributed by atoms with van der Waals surface area (Å²) in [5, 5.41) is 0. The Morgan fingerprint density at radius 2 is 1.97 bits per heavy atom. The van der Waals surface area contributed by atoms with E-state index in [1.165, 1.54) is 25.5 Å². The van der Waals surface area contributed by atoms with E-state index in [9.17, 15) is 21.6 Å². The zero-order valence-electron chi connectivity index (χ0n) is 18.0. The predicted octanol–water partition coefficient (Wildman–Crippen LogP) is 0.707.